The maximum absolute atomic E-state index is 13.2. The van der Waals surface area contributed by atoms with Crippen LogP contribution in [0.5, 0.6) is 0 Å². The molecule has 3 aliphatic rings. The number of rotatable bonds is 4. The number of aliphatic hydroxyl groups is 1. The van der Waals surface area contributed by atoms with E-state index < -0.39 is 11.9 Å². The van der Waals surface area contributed by atoms with E-state index in [-0.39, 0.29) is 72.9 Å². The number of imide groups is 1. The molecular weight excluding hydrogens is 453 g/mol. The average molecular weight is 475 g/mol. The van der Waals surface area contributed by atoms with Crippen LogP contribution in [0.15, 0.2) is 58.8 Å². The van der Waals surface area contributed by atoms with Crippen molar-refractivity contribution in [3.63, 3.8) is 0 Å². The van der Waals surface area contributed by atoms with Gasteiger partial charge in [0.15, 0.2) is 5.78 Å². The second kappa shape index (κ2) is 8.90. The Labute approximate surface area is 200 Å². The molecule has 9 heteroatoms. The second-order valence-electron chi connectivity index (χ2n) is 8.90. The summed E-state index contributed by atoms with van der Waals surface area (Å²) in [5.41, 5.74) is 2.36. The zero-order valence-corrected chi connectivity index (χ0v) is 18.7. The van der Waals surface area contributed by atoms with Gasteiger partial charge in [-0.2, -0.15) is 0 Å². The lowest BCUT2D eigenvalue weighted by molar-refractivity contribution is -0.137. The first-order chi connectivity index (χ1) is 16.8. The number of halogens is 1. The molecule has 35 heavy (non-hydrogen) atoms. The van der Waals surface area contributed by atoms with Gasteiger partial charge in [0.05, 0.1) is 11.3 Å². The van der Waals surface area contributed by atoms with Gasteiger partial charge in [0.2, 0.25) is 11.8 Å². The molecule has 3 amide bonds. The molecule has 0 aromatic heterocycles. The minimum atomic E-state index is -0.737. The van der Waals surface area contributed by atoms with E-state index in [2.05, 4.69) is 10.3 Å². The number of piperidine rings is 1. The van der Waals surface area contributed by atoms with Crippen molar-refractivity contribution in [2.45, 2.75) is 44.2 Å². The number of hydrogen-bond donors (Lipinski definition) is 2. The number of benzene rings is 2. The highest BCUT2D eigenvalue weighted by Gasteiger charge is 2.39. The minimum Gasteiger partial charge on any atom is -0.511 e. The number of aliphatic imine (C=N–C) groups is 1. The van der Waals surface area contributed by atoms with Crippen LogP contribution in [0.25, 0.3) is 0 Å². The molecule has 2 aromatic rings. The summed E-state index contributed by atoms with van der Waals surface area (Å²) < 4.78 is 13.2. The van der Waals surface area contributed by atoms with Crippen LogP contribution in [-0.2, 0) is 20.9 Å². The standard InChI is InChI=1S/C26H22FN3O5/c27-16-6-4-14(5-7-16)15-10-22(31)18(23(32)11-15)12-28-20-3-1-2-17-19(20)13-30(26(17)35)21-8-9-24(33)29-25(21)34/h1-7,12,15,21,31H,8-11,13H2,(H,29,33,34). The van der Waals surface area contributed by atoms with E-state index in [1.165, 1.54) is 23.2 Å². The van der Waals surface area contributed by atoms with E-state index in [1.807, 2.05) is 0 Å². The number of nitrogens with zero attached hydrogens (tertiary/aromatic N) is 2. The van der Waals surface area contributed by atoms with Crippen molar-refractivity contribution in [1.29, 1.82) is 0 Å². The van der Waals surface area contributed by atoms with E-state index in [4.69, 9.17) is 0 Å². The summed E-state index contributed by atoms with van der Waals surface area (Å²) in [6.07, 6.45) is 2.12. The van der Waals surface area contributed by atoms with Crippen LogP contribution < -0.4 is 5.32 Å². The van der Waals surface area contributed by atoms with Crippen molar-refractivity contribution >= 4 is 35.4 Å². The summed E-state index contributed by atoms with van der Waals surface area (Å²) in [4.78, 5) is 55.3. The third-order valence-electron chi connectivity index (χ3n) is 6.71. The number of fused-ring (bicyclic) bond motifs is 1. The van der Waals surface area contributed by atoms with Crippen molar-refractivity contribution in [3.8, 4) is 0 Å². The zero-order chi connectivity index (χ0) is 24.7. The van der Waals surface area contributed by atoms with Gasteiger partial charge in [-0.25, -0.2) is 4.39 Å². The van der Waals surface area contributed by atoms with E-state index in [1.54, 1.807) is 30.3 Å². The summed E-state index contributed by atoms with van der Waals surface area (Å²) in [5.74, 6) is -2.15. The quantitative estimate of drug-likeness (QED) is 0.520. The molecule has 0 spiro atoms. The number of hydrogen-bond acceptors (Lipinski definition) is 6. The number of carbonyl (C=O) groups is 4. The van der Waals surface area contributed by atoms with Crippen LogP contribution in [0.3, 0.4) is 0 Å². The molecule has 8 nitrogen and oxygen atoms in total. The third-order valence-corrected chi connectivity index (χ3v) is 6.71. The van der Waals surface area contributed by atoms with Crippen LogP contribution in [0.4, 0.5) is 10.1 Å². The topological polar surface area (TPSA) is 116 Å². The molecule has 178 valence electrons. The number of ketones is 1. The molecule has 2 N–H and O–H groups in total. The van der Waals surface area contributed by atoms with Gasteiger partial charge in [0, 0.05) is 43.1 Å². The van der Waals surface area contributed by atoms with Crippen molar-refractivity contribution in [3.05, 3.63) is 76.3 Å². The number of aliphatic hydroxyl groups excluding tert-OH is 1. The van der Waals surface area contributed by atoms with Gasteiger partial charge in [-0.1, -0.05) is 18.2 Å². The van der Waals surface area contributed by atoms with Gasteiger partial charge < -0.3 is 10.0 Å². The molecule has 1 aliphatic carbocycles. The second-order valence-corrected chi connectivity index (χ2v) is 8.90. The lowest BCUT2D eigenvalue weighted by Gasteiger charge is -2.29. The molecule has 2 aliphatic heterocycles. The van der Waals surface area contributed by atoms with E-state index in [0.29, 0.717) is 16.8 Å². The fourth-order valence-corrected chi connectivity index (χ4v) is 4.85. The summed E-state index contributed by atoms with van der Waals surface area (Å²) in [7, 11) is 0. The molecule has 1 fully saturated rings. The number of Topliss-reactive ketones (excluding diaryl/α,β-unsaturated/α-hetero) is 1. The highest BCUT2D eigenvalue weighted by atomic mass is 19.1. The SMILES string of the molecule is O=C1CCC(N2Cc3c(N=CC4=C(O)CC(c5ccc(F)cc5)CC4=O)cccc3C2=O)C(=O)N1. The minimum absolute atomic E-state index is 0.0897. The Bertz CT molecular complexity index is 1310. The summed E-state index contributed by atoms with van der Waals surface area (Å²) in [6, 6.07) is 10.1. The van der Waals surface area contributed by atoms with Crippen molar-refractivity contribution in [1.82, 2.24) is 10.2 Å². The predicted molar refractivity (Wildman–Crippen MR) is 124 cm³/mol. The molecule has 5 rings (SSSR count). The summed E-state index contributed by atoms with van der Waals surface area (Å²) >= 11 is 0. The van der Waals surface area contributed by atoms with Crippen molar-refractivity contribution in [2.75, 3.05) is 0 Å². The number of amides is 3. The van der Waals surface area contributed by atoms with Gasteiger partial charge >= 0.3 is 0 Å². The Morgan fingerprint density at radius 2 is 1.83 bits per heavy atom. The largest absolute Gasteiger partial charge is 0.511 e. The molecule has 0 radical (unpaired) electrons. The number of allylic oxidation sites excluding steroid dienone is 2. The summed E-state index contributed by atoms with van der Waals surface area (Å²) in [5, 5.41) is 12.8. The van der Waals surface area contributed by atoms with Crippen LogP contribution in [0, 0.1) is 5.82 Å². The van der Waals surface area contributed by atoms with Crippen LogP contribution in [0.1, 0.15) is 53.1 Å². The van der Waals surface area contributed by atoms with Gasteiger partial charge in [0.25, 0.3) is 5.91 Å². The highest BCUT2D eigenvalue weighted by Crippen LogP contribution is 2.35. The lowest BCUT2D eigenvalue weighted by atomic mass is 9.83. The Hall–Kier alpha value is -4.14. The zero-order valence-electron chi connectivity index (χ0n) is 18.7. The van der Waals surface area contributed by atoms with E-state index in [0.717, 1.165) is 5.56 Å². The Kier molecular flexibility index (Phi) is 5.76. The maximum Gasteiger partial charge on any atom is 0.255 e. The summed E-state index contributed by atoms with van der Waals surface area (Å²) in [6.45, 7) is 0.152. The van der Waals surface area contributed by atoms with Gasteiger partial charge in [-0.3, -0.25) is 29.5 Å². The van der Waals surface area contributed by atoms with Crippen LogP contribution in [-0.4, -0.2) is 45.8 Å². The van der Waals surface area contributed by atoms with Crippen molar-refractivity contribution in [2.24, 2.45) is 4.99 Å². The molecule has 2 heterocycles. The number of carbonyl (C=O) groups excluding carboxylic acids is 4. The monoisotopic (exact) mass is 475 g/mol. The van der Waals surface area contributed by atoms with E-state index >= 15 is 0 Å². The molecule has 0 bridgehead atoms. The smallest absolute Gasteiger partial charge is 0.255 e. The lowest BCUT2D eigenvalue weighted by Crippen LogP contribution is -2.52. The number of nitrogens with one attached hydrogen (secondary N) is 1. The van der Waals surface area contributed by atoms with E-state index in [9.17, 15) is 28.7 Å². The van der Waals surface area contributed by atoms with Gasteiger partial charge in [0.1, 0.15) is 17.6 Å². The van der Waals surface area contributed by atoms with Gasteiger partial charge in [-0.05, 0) is 42.2 Å². The normalized spacial score (nSPS) is 22.7. The van der Waals surface area contributed by atoms with Gasteiger partial charge in [-0.15, -0.1) is 0 Å². The third kappa shape index (κ3) is 4.25. The first kappa shape index (κ1) is 22.6. The maximum atomic E-state index is 13.2. The predicted octanol–water partition coefficient (Wildman–Crippen LogP) is 3.25. The molecule has 2 atom stereocenters. The molecule has 0 saturated carbocycles. The highest BCUT2D eigenvalue weighted by molar-refractivity contribution is 6.15. The molecular formula is C26H22FN3O5. The first-order valence-corrected chi connectivity index (χ1v) is 11.3. The Balaban J connectivity index is 1.37. The van der Waals surface area contributed by atoms with Crippen molar-refractivity contribution < 1.29 is 28.7 Å². The first-order valence-electron chi connectivity index (χ1n) is 11.3. The average Bonchev–Trinajstić information content (AvgIpc) is 3.16. The Morgan fingerprint density at radius 3 is 2.54 bits per heavy atom. The van der Waals surface area contributed by atoms with Crippen LogP contribution in [0.2, 0.25) is 0 Å². The van der Waals surface area contributed by atoms with Crippen LogP contribution >= 0.6 is 0 Å². The molecule has 1 saturated heterocycles. The fraction of sp³-hybridized carbons (Fsp3) is 0.269. The Morgan fingerprint density at radius 1 is 1.06 bits per heavy atom. The fourth-order valence-electron chi connectivity index (χ4n) is 4.85. The molecule has 2 unspecified atom stereocenters. The molecule has 2 aromatic carbocycles.